The molecule has 3 N–H and O–H groups in total. The van der Waals surface area contributed by atoms with Crippen molar-refractivity contribution in [2.24, 2.45) is 17.1 Å². The topological polar surface area (TPSA) is 63.3 Å². The average molecular weight is 173 g/mol. The van der Waals surface area contributed by atoms with E-state index in [1.165, 1.54) is 0 Å². The van der Waals surface area contributed by atoms with E-state index in [-0.39, 0.29) is 5.41 Å². The van der Waals surface area contributed by atoms with Crippen molar-refractivity contribution in [3.05, 3.63) is 0 Å². The van der Waals surface area contributed by atoms with Crippen LogP contribution in [-0.2, 0) is 4.79 Å². The Balaban J connectivity index is 4.15. The van der Waals surface area contributed by atoms with Gasteiger partial charge in [-0.15, -0.1) is 0 Å². The summed E-state index contributed by atoms with van der Waals surface area (Å²) in [6.45, 7) is 8.24. The molecule has 72 valence electrons. The molecule has 0 spiro atoms. The van der Waals surface area contributed by atoms with Crippen molar-refractivity contribution in [2.45, 2.75) is 40.2 Å². The van der Waals surface area contributed by atoms with Gasteiger partial charge in [-0.25, -0.2) is 0 Å². The summed E-state index contributed by atoms with van der Waals surface area (Å²) in [7, 11) is 0. The average Bonchev–Trinajstić information content (AvgIpc) is 1.85. The number of carboxylic acid groups (broad SMARTS) is 1. The smallest absolute Gasteiger partial charge is 0.320 e. The molecular formula is C9H19NO2. The molecule has 0 aliphatic carbocycles. The molecule has 0 fully saturated rings. The number of carbonyl (C=O) groups is 1. The summed E-state index contributed by atoms with van der Waals surface area (Å²) < 4.78 is 0. The first-order chi connectivity index (χ1) is 5.27. The molecule has 0 aliphatic heterocycles. The highest BCUT2D eigenvalue weighted by molar-refractivity contribution is 5.73. The van der Waals surface area contributed by atoms with Crippen LogP contribution in [0.15, 0.2) is 0 Å². The molecule has 3 nitrogen and oxygen atoms in total. The van der Waals surface area contributed by atoms with Gasteiger partial charge >= 0.3 is 5.97 Å². The Kier molecular flexibility index (Phi) is 3.71. The van der Waals surface area contributed by atoms with Crippen molar-refractivity contribution < 1.29 is 9.90 Å². The second-order valence-electron chi connectivity index (χ2n) is 4.29. The Labute approximate surface area is 74.0 Å². The highest BCUT2D eigenvalue weighted by Crippen LogP contribution is 2.30. The molecular weight excluding hydrogens is 154 g/mol. The standard InChI is InChI=1S/C9H19NO2/c1-6(2)9(3,4)5-7(10)8(11)12/h6-7H,5,10H2,1-4H3,(H,11,12)/t7-/m1/s1. The fraction of sp³-hybridized carbons (Fsp3) is 0.889. The Morgan fingerprint density at radius 3 is 2.17 bits per heavy atom. The molecule has 0 radical (unpaired) electrons. The Hall–Kier alpha value is -0.570. The van der Waals surface area contributed by atoms with Gasteiger partial charge in [0.2, 0.25) is 0 Å². The van der Waals surface area contributed by atoms with Gasteiger partial charge in [-0.2, -0.15) is 0 Å². The number of carboxylic acids is 1. The first-order valence-corrected chi connectivity index (χ1v) is 4.25. The van der Waals surface area contributed by atoms with Crippen LogP contribution in [-0.4, -0.2) is 17.1 Å². The van der Waals surface area contributed by atoms with Crippen LogP contribution in [0.2, 0.25) is 0 Å². The number of aliphatic carboxylic acids is 1. The van der Waals surface area contributed by atoms with Gasteiger partial charge in [0.1, 0.15) is 6.04 Å². The largest absolute Gasteiger partial charge is 0.480 e. The van der Waals surface area contributed by atoms with Crippen molar-refractivity contribution in [1.29, 1.82) is 0 Å². The molecule has 0 saturated carbocycles. The van der Waals surface area contributed by atoms with E-state index in [1.807, 2.05) is 13.8 Å². The van der Waals surface area contributed by atoms with Gasteiger partial charge in [0.05, 0.1) is 0 Å². The fourth-order valence-electron chi connectivity index (χ4n) is 0.890. The quantitative estimate of drug-likeness (QED) is 0.676. The Morgan fingerprint density at radius 1 is 1.50 bits per heavy atom. The summed E-state index contributed by atoms with van der Waals surface area (Å²) in [6.07, 6.45) is 0.528. The second-order valence-corrected chi connectivity index (χ2v) is 4.29. The fourth-order valence-corrected chi connectivity index (χ4v) is 0.890. The Bertz CT molecular complexity index is 164. The maximum Gasteiger partial charge on any atom is 0.320 e. The third kappa shape index (κ3) is 3.22. The predicted octanol–water partition coefficient (Wildman–Crippen LogP) is 1.47. The minimum atomic E-state index is -0.913. The monoisotopic (exact) mass is 173 g/mol. The van der Waals surface area contributed by atoms with Gasteiger partial charge in [-0.05, 0) is 17.8 Å². The van der Waals surface area contributed by atoms with E-state index in [2.05, 4.69) is 13.8 Å². The molecule has 0 heterocycles. The molecule has 12 heavy (non-hydrogen) atoms. The lowest BCUT2D eigenvalue weighted by molar-refractivity contribution is -0.139. The summed E-state index contributed by atoms with van der Waals surface area (Å²) in [4.78, 5) is 10.5. The third-order valence-electron chi connectivity index (χ3n) is 2.63. The molecule has 0 aliphatic rings. The van der Waals surface area contributed by atoms with Gasteiger partial charge < -0.3 is 10.8 Å². The van der Waals surface area contributed by atoms with E-state index in [1.54, 1.807) is 0 Å². The van der Waals surface area contributed by atoms with Crippen LogP contribution in [0.5, 0.6) is 0 Å². The zero-order valence-electron chi connectivity index (χ0n) is 8.29. The minimum absolute atomic E-state index is 0.00218. The summed E-state index contributed by atoms with van der Waals surface area (Å²) in [5.74, 6) is -0.466. The molecule has 0 amide bonds. The molecule has 0 unspecified atom stereocenters. The lowest BCUT2D eigenvalue weighted by Crippen LogP contribution is -2.37. The maximum absolute atomic E-state index is 10.5. The highest BCUT2D eigenvalue weighted by atomic mass is 16.4. The second kappa shape index (κ2) is 3.90. The molecule has 0 aromatic carbocycles. The van der Waals surface area contributed by atoms with E-state index >= 15 is 0 Å². The van der Waals surface area contributed by atoms with Crippen molar-refractivity contribution in [3.63, 3.8) is 0 Å². The van der Waals surface area contributed by atoms with Crippen LogP contribution in [0.4, 0.5) is 0 Å². The first kappa shape index (κ1) is 11.4. The van der Waals surface area contributed by atoms with Crippen LogP contribution in [0.25, 0.3) is 0 Å². The first-order valence-electron chi connectivity index (χ1n) is 4.25. The van der Waals surface area contributed by atoms with Crippen molar-refractivity contribution >= 4 is 5.97 Å². The molecule has 0 bridgehead atoms. The molecule has 1 atom stereocenters. The van der Waals surface area contributed by atoms with E-state index in [4.69, 9.17) is 10.8 Å². The predicted molar refractivity (Wildman–Crippen MR) is 48.8 cm³/mol. The summed E-state index contributed by atoms with van der Waals surface area (Å²) in [5, 5.41) is 8.60. The van der Waals surface area contributed by atoms with Crippen molar-refractivity contribution in [3.8, 4) is 0 Å². The van der Waals surface area contributed by atoms with Crippen LogP contribution in [0, 0.1) is 11.3 Å². The van der Waals surface area contributed by atoms with Crippen molar-refractivity contribution in [2.75, 3.05) is 0 Å². The lowest BCUT2D eigenvalue weighted by Gasteiger charge is -2.30. The van der Waals surface area contributed by atoms with Gasteiger partial charge in [-0.1, -0.05) is 27.7 Å². The van der Waals surface area contributed by atoms with E-state index in [9.17, 15) is 4.79 Å². The SMILES string of the molecule is CC(C)C(C)(C)C[C@@H](N)C(=O)O. The Morgan fingerprint density at radius 2 is 1.92 bits per heavy atom. The van der Waals surface area contributed by atoms with Crippen LogP contribution in [0.3, 0.4) is 0 Å². The van der Waals surface area contributed by atoms with Crippen LogP contribution < -0.4 is 5.73 Å². The molecule has 0 aromatic heterocycles. The number of rotatable bonds is 4. The van der Waals surface area contributed by atoms with E-state index in [0.717, 1.165) is 0 Å². The normalized spacial score (nSPS) is 14.8. The maximum atomic E-state index is 10.5. The van der Waals surface area contributed by atoms with Gasteiger partial charge in [0.15, 0.2) is 0 Å². The third-order valence-corrected chi connectivity index (χ3v) is 2.63. The summed E-state index contributed by atoms with van der Waals surface area (Å²) in [6, 6.07) is -0.734. The zero-order chi connectivity index (χ0) is 9.94. The van der Waals surface area contributed by atoms with Crippen molar-refractivity contribution in [1.82, 2.24) is 0 Å². The number of hydrogen-bond donors (Lipinski definition) is 2. The highest BCUT2D eigenvalue weighted by Gasteiger charge is 2.27. The van der Waals surface area contributed by atoms with Gasteiger partial charge in [-0.3, -0.25) is 4.79 Å². The molecule has 3 heteroatoms. The number of nitrogens with two attached hydrogens (primary N) is 1. The molecule has 0 saturated heterocycles. The van der Waals surface area contributed by atoms with Crippen LogP contribution in [0.1, 0.15) is 34.1 Å². The van der Waals surface area contributed by atoms with E-state index in [0.29, 0.717) is 12.3 Å². The van der Waals surface area contributed by atoms with E-state index < -0.39 is 12.0 Å². The minimum Gasteiger partial charge on any atom is -0.480 e. The molecule has 0 aromatic rings. The van der Waals surface area contributed by atoms with Gasteiger partial charge in [0, 0.05) is 0 Å². The lowest BCUT2D eigenvalue weighted by atomic mass is 9.76. The number of hydrogen-bond acceptors (Lipinski definition) is 2. The summed E-state index contributed by atoms with van der Waals surface area (Å²) >= 11 is 0. The van der Waals surface area contributed by atoms with Gasteiger partial charge in [0.25, 0.3) is 0 Å². The van der Waals surface area contributed by atoms with Crippen LogP contribution >= 0.6 is 0 Å². The summed E-state index contributed by atoms with van der Waals surface area (Å²) in [5.41, 5.74) is 5.44. The zero-order valence-corrected chi connectivity index (χ0v) is 8.29. The molecule has 0 rings (SSSR count).